The molecular weight excluding hydrogens is 272 g/mol. The molecule has 0 atom stereocenters. The van der Waals surface area contributed by atoms with Crippen LogP contribution >= 0.6 is 0 Å². The maximum absolute atomic E-state index is 4.86. The first-order valence-electron chi connectivity index (χ1n) is 7.57. The van der Waals surface area contributed by atoms with Crippen molar-refractivity contribution in [3.8, 4) is 0 Å². The molecule has 0 amide bonds. The third-order valence-electron chi connectivity index (χ3n) is 4.13. The lowest BCUT2D eigenvalue weighted by Gasteiger charge is -2.24. The summed E-state index contributed by atoms with van der Waals surface area (Å²) >= 11 is 0. The number of anilines is 1. The van der Waals surface area contributed by atoms with Gasteiger partial charge in [0.05, 0.1) is 17.7 Å². The first-order chi connectivity index (χ1) is 10.7. The van der Waals surface area contributed by atoms with Gasteiger partial charge in [0.2, 0.25) is 0 Å². The monoisotopic (exact) mass is 290 g/mol. The third kappa shape index (κ3) is 2.08. The number of nitrogens with zero attached hydrogens (tertiary/aromatic N) is 4. The molecule has 110 valence electrons. The Hall–Kier alpha value is -2.62. The van der Waals surface area contributed by atoms with Crippen molar-refractivity contribution in [3.05, 3.63) is 55.0 Å². The molecule has 0 bridgehead atoms. The van der Waals surface area contributed by atoms with Crippen molar-refractivity contribution in [3.63, 3.8) is 0 Å². The van der Waals surface area contributed by atoms with Crippen LogP contribution in [0.2, 0.25) is 0 Å². The number of fused-ring (bicyclic) bond motifs is 3. The van der Waals surface area contributed by atoms with Crippen molar-refractivity contribution in [1.82, 2.24) is 14.9 Å². The summed E-state index contributed by atoms with van der Waals surface area (Å²) in [4.78, 5) is 13.8. The Labute approximate surface area is 129 Å². The summed E-state index contributed by atoms with van der Waals surface area (Å²) in [7, 11) is 0. The van der Waals surface area contributed by atoms with Gasteiger partial charge in [-0.3, -0.25) is 4.98 Å². The molecule has 0 unspecified atom stereocenters. The second-order valence-electron chi connectivity index (χ2n) is 5.90. The summed E-state index contributed by atoms with van der Waals surface area (Å²) in [6.07, 6.45) is 6.04. The Morgan fingerprint density at radius 2 is 1.73 bits per heavy atom. The summed E-state index contributed by atoms with van der Waals surface area (Å²) in [5.74, 6) is 0.963. The molecule has 0 N–H and O–H groups in total. The lowest BCUT2D eigenvalue weighted by molar-refractivity contribution is 0.336. The third-order valence-corrected chi connectivity index (χ3v) is 4.13. The van der Waals surface area contributed by atoms with Gasteiger partial charge >= 0.3 is 0 Å². The highest BCUT2D eigenvalue weighted by Gasteiger charge is 2.17. The van der Waals surface area contributed by atoms with Crippen LogP contribution in [0.3, 0.4) is 0 Å². The Morgan fingerprint density at radius 1 is 0.955 bits per heavy atom. The molecule has 22 heavy (non-hydrogen) atoms. The van der Waals surface area contributed by atoms with Crippen molar-refractivity contribution in [1.29, 1.82) is 0 Å². The van der Waals surface area contributed by atoms with Crippen molar-refractivity contribution in [2.45, 2.75) is 19.9 Å². The number of hydrogen-bond donors (Lipinski definition) is 0. The first-order valence-corrected chi connectivity index (χ1v) is 7.57. The number of benzene rings is 1. The lowest BCUT2D eigenvalue weighted by atomic mass is 10.1. The lowest BCUT2D eigenvalue weighted by Crippen LogP contribution is -2.30. The van der Waals surface area contributed by atoms with E-state index in [9.17, 15) is 0 Å². The minimum Gasteiger partial charge on any atom is -0.356 e. The number of aromatic nitrogens is 2. The van der Waals surface area contributed by atoms with Gasteiger partial charge in [-0.05, 0) is 32.0 Å². The molecule has 0 saturated carbocycles. The van der Waals surface area contributed by atoms with Crippen LogP contribution in [0.1, 0.15) is 13.8 Å². The van der Waals surface area contributed by atoms with Crippen LogP contribution in [0.4, 0.5) is 5.82 Å². The number of pyridine rings is 2. The quantitative estimate of drug-likeness (QED) is 0.673. The van der Waals surface area contributed by atoms with Crippen LogP contribution in [0.5, 0.6) is 0 Å². The molecular formula is C18H18N4. The van der Waals surface area contributed by atoms with Gasteiger partial charge in [-0.15, -0.1) is 0 Å². The van der Waals surface area contributed by atoms with Crippen LogP contribution in [0.15, 0.2) is 55.0 Å². The van der Waals surface area contributed by atoms with E-state index in [4.69, 9.17) is 4.98 Å². The molecule has 4 nitrogen and oxygen atoms in total. The molecule has 0 radical (unpaired) electrons. The molecule has 0 saturated heterocycles. The summed E-state index contributed by atoms with van der Waals surface area (Å²) < 4.78 is 0. The van der Waals surface area contributed by atoms with Crippen LogP contribution in [0.25, 0.3) is 21.8 Å². The molecule has 1 aliphatic heterocycles. The molecule has 3 heterocycles. The van der Waals surface area contributed by atoms with Crippen molar-refractivity contribution >= 4 is 27.6 Å². The fraction of sp³-hybridized carbons (Fsp3) is 0.222. The second-order valence-corrected chi connectivity index (χ2v) is 5.90. The minimum absolute atomic E-state index is 0.490. The maximum Gasteiger partial charge on any atom is 0.134 e. The first kappa shape index (κ1) is 13.1. The van der Waals surface area contributed by atoms with Crippen LogP contribution in [-0.4, -0.2) is 27.6 Å². The van der Waals surface area contributed by atoms with Gasteiger partial charge in [-0.2, -0.15) is 0 Å². The Kier molecular flexibility index (Phi) is 2.96. The van der Waals surface area contributed by atoms with Gasteiger partial charge in [0.1, 0.15) is 5.82 Å². The normalized spacial score (nSPS) is 14.7. The van der Waals surface area contributed by atoms with E-state index in [0.717, 1.165) is 34.3 Å². The van der Waals surface area contributed by atoms with Gasteiger partial charge in [-0.1, -0.05) is 18.2 Å². The second kappa shape index (κ2) is 4.98. The summed E-state index contributed by atoms with van der Waals surface area (Å²) in [5, 5.41) is 2.25. The molecule has 2 aromatic heterocycles. The minimum atomic E-state index is 0.490. The predicted octanol–water partition coefficient (Wildman–Crippen LogP) is 3.74. The summed E-state index contributed by atoms with van der Waals surface area (Å²) in [5.41, 5.74) is 1.93. The number of hydrogen-bond acceptors (Lipinski definition) is 4. The fourth-order valence-electron chi connectivity index (χ4n) is 2.79. The Bertz CT molecular complexity index is 869. The molecule has 4 rings (SSSR count). The fourth-order valence-corrected chi connectivity index (χ4v) is 2.79. The van der Waals surface area contributed by atoms with E-state index in [0.29, 0.717) is 6.04 Å². The maximum atomic E-state index is 4.86. The Balaban J connectivity index is 1.80. The van der Waals surface area contributed by atoms with E-state index in [1.165, 1.54) is 0 Å². The van der Waals surface area contributed by atoms with Gasteiger partial charge < -0.3 is 9.80 Å². The van der Waals surface area contributed by atoms with Gasteiger partial charge in [-0.25, -0.2) is 4.98 Å². The van der Waals surface area contributed by atoms with Crippen molar-refractivity contribution in [2.75, 3.05) is 11.6 Å². The molecule has 3 aromatic rings. The zero-order valence-corrected chi connectivity index (χ0v) is 12.8. The van der Waals surface area contributed by atoms with Crippen LogP contribution in [-0.2, 0) is 0 Å². The van der Waals surface area contributed by atoms with Gasteiger partial charge in [0.25, 0.3) is 0 Å². The standard InChI is InChI=1S/C18H18N4/c1-13(2)21-10-11-22(12-21)16-8-7-15-6-5-14-4-3-9-19-17(14)18(15)20-16/h3-11,13H,12H2,1-2H3. The highest BCUT2D eigenvalue weighted by molar-refractivity contribution is 6.03. The van der Waals surface area contributed by atoms with E-state index in [-0.39, 0.29) is 0 Å². The van der Waals surface area contributed by atoms with Gasteiger partial charge in [0, 0.05) is 35.4 Å². The number of rotatable bonds is 2. The summed E-state index contributed by atoms with van der Waals surface area (Å²) in [6, 6.07) is 12.9. The van der Waals surface area contributed by atoms with E-state index < -0.39 is 0 Å². The SMILES string of the molecule is CC(C)N1C=CN(c2ccc3ccc4cccnc4c3n2)C1. The van der Waals surface area contributed by atoms with E-state index in [2.05, 4.69) is 71.4 Å². The molecule has 0 aliphatic carbocycles. The Morgan fingerprint density at radius 3 is 2.50 bits per heavy atom. The highest BCUT2D eigenvalue weighted by Crippen LogP contribution is 2.26. The molecule has 1 aliphatic rings. The summed E-state index contributed by atoms with van der Waals surface area (Å²) in [6.45, 7) is 5.23. The largest absolute Gasteiger partial charge is 0.356 e. The van der Waals surface area contributed by atoms with Crippen LogP contribution < -0.4 is 4.90 Å². The van der Waals surface area contributed by atoms with Crippen LogP contribution in [0, 0.1) is 0 Å². The molecule has 1 aromatic carbocycles. The van der Waals surface area contributed by atoms with Crippen molar-refractivity contribution in [2.24, 2.45) is 0 Å². The average Bonchev–Trinajstić information content (AvgIpc) is 3.04. The molecule has 0 fully saturated rings. The highest BCUT2D eigenvalue weighted by atomic mass is 15.4. The zero-order chi connectivity index (χ0) is 15.1. The van der Waals surface area contributed by atoms with Crippen molar-refractivity contribution < 1.29 is 0 Å². The zero-order valence-electron chi connectivity index (χ0n) is 12.8. The van der Waals surface area contributed by atoms with E-state index >= 15 is 0 Å². The smallest absolute Gasteiger partial charge is 0.134 e. The topological polar surface area (TPSA) is 32.3 Å². The van der Waals surface area contributed by atoms with E-state index in [1.54, 1.807) is 0 Å². The molecule has 4 heteroatoms. The van der Waals surface area contributed by atoms with E-state index in [1.807, 2.05) is 12.3 Å². The van der Waals surface area contributed by atoms with Gasteiger partial charge in [0.15, 0.2) is 0 Å². The molecule has 0 spiro atoms. The average molecular weight is 290 g/mol. The predicted molar refractivity (Wildman–Crippen MR) is 90.5 cm³/mol.